The molecule has 4 heteroatoms. The smallest absolute Gasteiger partial charge is 0.139 e. The van der Waals surface area contributed by atoms with Crippen molar-refractivity contribution in [1.82, 2.24) is 0 Å². The minimum absolute atomic E-state index is 0.0445. The van der Waals surface area contributed by atoms with Gasteiger partial charge in [0.1, 0.15) is 5.82 Å². The number of hydrogen-bond acceptors (Lipinski definition) is 2. The summed E-state index contributed by atoms with van der Waals surface area (Å²) >= 11 is 3.17. The normalized spacial score (nSPS) is 24.7. The molecule has 1 aromatic rings. The molecule has 0 heterocycles. The Labute approximate surface area is 109 Å². The fourth-order valence-electron chi connectivity index (χ4n) is 2.28. The van der Waals surface area contributed by atoms with Crippen LogP contribution in [0.3, 0.4) is 0 Å². The number of aliphatic hydroxyl groups excluding tert-OH is 1. The summed E-state index contributed by atoms with van der Waals surface area (Å²) in [5, 5.41) is 13.1. The van der Waals surface area contributed by atoms with E-state index in [-0.39, 0.29) is 18.0 Å². The van der Waals surface area contributed by atoms with Gasteiger partial charge in [0.2, 0.25) is 0 Å². The average Bonchev–Trinajstić information content (AvgIpc) is 2.29. The van der Waals surface area contributed by atoms with Gasteiger partial charge in [0.25, 0.3) is 0 Å². The Morgan fingerprint density at radius 1 is 1.35 bits per heavy atom. The lowest BCUT2D eigenvalue weighted by Crippen LogP contribution is -2.36. The van der Waals surface area contributed by atoms with E-state index in [0.717, 1.165) is 36.9 Å². The van der Waals surface area contributed by atoms with Gasteiger partial charge in [0, 0.05) is 5.69 Å². The summed E-state index contributed by atoms with van der Waals surface area (Å²) in [4.78, 5) is 0. The van der Waals surface area contributed by atoms with Crippen molar-refractivity contribution >= 4 is 21.6 Å². The summed E-state index contributed by atoms with van der Waals surface area (Å²) in [5.41, 5.74) is 1.76. The van der Waals surface area contributed by atoms with Gasteiger partial charge < -0.3 is 10.4 Å². The fraction of sp³-hybridized carbons (Fsp3) is 0.538. The maximum Gasteiger partial charge on any atom is 0.139 e. The van der Waals surface area contributed by atoms with Gasteiger partial charge in [0.15, 0.2) is 0 Å². The van der Waals surface area contributed by atoms with Crippen LogP contribution >= 0.6 is 15.9 Å². The predicted molar refractivity (Wildman–Crippen MR) is 70.7 cm³/mol. The summed E-state index contributed by atoms with van der Waals surface area (Å²) < 4.78 is 13.9. The monoisotopic (exact) mass is 301 g/mol. The molecule has 0 bridgehead atoms. The van der Waals surface area contributed by atoms with Crippen LogP contribution in [0, 0.1) is 12.7 Å². The van der Waals surface area contributed by atoms with Crippen LogP contribution in [-0.4, -0.2) is 17.3 Å². The Hall–Kier alpha value is -0.610. The van der Waals surface area contributed by atoms with Crippen molar-refractivity contribution in [3.8, 4) is 0 Å². The Morgan fingerprint density at radius 2 is 2.06 bits per heavy atom. The van der Waals surface area contributed by atoms with Crippen molar-refractivity contribution in [2.75, 3.05) is 5.32 Å². The van der Waals surface area contributed by atoms with Gasteiger partial charge in [-0.2, -0.15) is 0 Å². The largest absolute Gasteiger partial charge is 0.391 e. The molecule has 2 atom stereocenters. The third-order valence-corrected chi connectivity index (χ3v) is 3.95. The zero-order chi connectivity index (χ0) is 12.4. The maximum absolute atomic E-state index is 13.5. The first-order valence-corrected chi connectivity index (χ1v) is 6.77. The van der Waals surface area contributed by atoms with Crippen LogP contribution in [0.5, 0.6) is 0 Å². The lowest BCUT2D eigenvalue weighted by Gasteiger charge is -2.29. The lowest BCUT2D eigenvalue weighted by atomic mass is 9.92. The highest BCUT2D eigenvalue weighted by Crippen LogP contribution is 2.27. The number of halogens is 2. The summed E-state index contributed by atoms with van der Waals surface area (Å²) in [7, 11) is 0. The number of aliphatic hydroxyl groups is 1. The SMILES string of the molecule is Cc1cc(Br)c(F)cc1N[C@H]1CCCC[C@@H]1O. The second-order valence-electron chi connectivity index (χ2n) is 4.68. The molecule has 0 amide bonds. The molecular formula is C13H17BrFNO. The Balaban J connectivity index is 2.15. The van der Waals surface area contributed by atoms with E-state index >= 15 is 0 Å². The lowest BCUT2D eigenvalue weighted by molar-refractivity contribution is 0.116. The van der Waals surface area contributed by atoms with Crippen LogP contribution in [0.25, 0.3) is 0 Å². The Bertz CT molecular complexity index is 411. The minimum Gasteiger partial charge on any atom is -0.391 e. The standard InChI is InChI=1S/C13H17BrFNO/c1-8-6-9(14)10(15)7-12(8)16-11-4-2-3-5-13(11)17/h6-7,11,13,16-17H,2-5H2,1H3/t11-,13-/m0/s1. The molecule has 94 valence electrons. The van der Waals surface area contributed by atoms with E-state index in [1.54, 1.807) is 6.07 Å². The first-order chi connectivity index (χ1) is 8.08. The molecule has 0 aromatic heterocycles. The second-order valence-corrected chi connectivity index (χ2v) is 5.54. The van der Waals surface area contributed by atoms with Gasteiger partial charge >= 0.3 is 0 Å². The van der Waals surface area contributed by atoms with Gasteiger partial charge in [-0.25, -0.2) is 4.39 Å². The number of hydrogen-bond donors (Lipinski definition) is 2. The number of aryl methyl sites for hydroxylation is 1. The third-order valence-electron chi connectivity index (χ3n) is 3.34. The maximum atomic E-state index is 13.5. The summed E-state index contributed by atoms with van der Waals surface area (Å²) in [6, 6.07) is 3.29. The van der Waals surface area contributed by atoms with Crippen molar-refractivity contribution in [3.63, 3.8) is 0 Å². The second kappa shape index (κ2) is 5.36. The fourth-order valence-corrected chi connectivity index (χ4v) is 2.74. The molecule has 1 aliphatic carbocycles. The van der Waals surface area contributed by atoms with E-state index in [0.29, 0.717) is 4.47 Å². The molecule has 1 aliphatic rings. The molecule has 2 N–H and O–H groups in total. The molecule has 0 aliphatic heterocycles. The third kappa shape index (κ3) is 2.99. The predicted octanol–water partition coefficient (Wildman–Crippen LogP) is 3.61. The number of nitrogens with one attached hydrogen (secondary N) is 1. The summed E-state index contributed by atoms with van der Waals surface area (Å²) in [6.07, 6.45) is 3.64. The van der Waals surface area contributed by atoms with Crippen LogP contribution in [0.1, 0.15) is 31.2 Å². The van der Waals surface area contributed by atoms with E-state index in [1.807, 2.05) is 6.92 Å². The van der Waals surface area contributed by atoms with Gasteiger partial charge in [-0.1, -0.05) is 12.8 Å². The first kappa shape index (κ1) is 12.8. The molecule has 1 aromatic carbocycles. The van der Waals surface area contributed by atoms with Gasteiger partial charge in [0.05, 0.1) is 16.6 Å². The van der Waals surface area contributed by atoms with E-state index in [4.69, 9.17) is 0 Å². The van der Waals surface area contributed by atoms with Crippen LogP contribution in [0.4, 0.5) is 10.1 Å². The molecule has 0 saturated heterocycles. The number of rotatable bonds is 2. The zero-order valence-electron chi connectivity index (χ0n) is 9.84. The van der Waals surface area contributed by atoms with Crippen molar-refractivity contribution < 1.29 is 9.50 Å². The van der Waals surface area contributed by atoms with Crippen molar-refractivity contribution in [3.05, 3.63) is 28.0 Å². The highest BCUT2D eigenvalue weighted by molar-refractivity contribution is 9.10. The van der Waals surface area contributed by atoms with E-state index in [1.165, 1.54) is 6.07 Å². The van der Waals surface area contributed by atoms with Crippen LogP contribution in [0.15, 0.2) is 16.6 Å². The molecule has 1 saturated carbocycles. The Morgan fingerprint density at radius 3 is 2.76 bits per heavy atom. The molecule has 1 fully saturated rings. The average molecular weight is 302 g/mol. The summed E-state index contributed by atoms with van der Waals surface area (Å²) in [6.45, 7) is 1.93. The molecule has 0 radical (unpaired) electrons. The van der Waals surface area contributed by atoms with Gasteiger partial charge in [-0.05, 0) is 53.4 Å². The van der Waals surface area contributed by atoms with E-state index in [2.05, 4.69) is 21.2 Å². The van der Waals surface area contributed by atoms with Crippen LogP contribution in [-0.2, 0) is 0 Å². The highest BCUT2D eigenvalue weighted by atomic mass is 79.9. The molecule has 0 spiro atoms. The zero-order valence-corrected chi connectivity index (χ0v) is 11.4. The topological polar surface area (TPSA) is 32.3 Å². The molecule has 17 heavy (non-hydrogen) atoms. The van der Waals surface area contributed by atoms with Crippen LogP contribution in [0.2, 0.25) is 0 Å². The number of benzene rings is 1. The van der Waals surface area contributed by atoms with Gasteiger partial charge in [-0.3, -0.25) is 0 Å². The number of anilines is 1. The van der Waals surface area contributed by atoms with Crippen molar-refractivity contribution in [2.45, 2.75) is 44.8 Å². The Kier molecular flexibility index (Phi) is 4.05. The molecule has 0 unspecified atom stereocenters. The quantitative estimate of drug-likeness (QED) is 0.874. The van der Waals surface area contributed by atoms with Gasteiger partial charge in [-0.15, -0.1) is 0 Å². The van der Waals surface area contributed by atoms with E-state index in [9.17, 15) is 9.50 Å². The molecule has 2 nitrogen and oxygen atoms in total. The molecular weight excluding hydrogens is 285 g/mol. The molecule has 2 rings (SSSR count). The van der Waals surface area contributed by atoms with Crippen molar-refractivity contribution in [2.24, 2.45) is 0 Å². The van der Waals surface area contributed by atoms with Crippen LogP contribution < -0.4 is 5.32 Å². The highest BCUT2D eigenvalue weighted by Gasteiger charge is 2.23. The summed E-state index contributed by atoms with van der Waals surface area (Å²) in [5.74, 6) is -0.275. The van der Waals surface area contributed by atoms with E-state index < -0.39 is 0 Å². The first-order valence-electron chi connectivity index (χ1n) is 5.98. The van der Waals surface area contributed by atoms with Crippen molar-refractivity contribution in [1.29, 1.82) is 0 Å². The minimum atomic E-state index is -0.324.